The molecule has 21 heavy (non-hydrogen) atoms. The minimum atomic E-state index is 0.796. The highest BCUT2D eigenvalue weighted by molar-refractivity contribution is 7.99. The van der Waals surface area contributed by atoms with Gasteiger partial charge in [-0.05, 0) is 35.8 Å². The molecule has 5 nitrogen and oxygen atoms in total. The number of rotatable bonds is 2. The highest BCUT2D eigenvalue weighted by Crippen LogP contribution is 2.22. The van der Waals surface area contributed by atoms with Crippen molar-refractivity contribution in [3.05, 3.63) is 29.0 Å². The molecule has 0 saturated carbocycles. The van der Waals surface area contributed by atoms with Crippen molar-refractivity contribution in [3.63, 3.8) is 0 Å². The summed E-state index contributed by atoms with van der Waals surface area (Å²) in [6.45, 7) is 2.13. The molecule has 0 bridgehead atoms. The molecule has 4 rings (SSSR count). The minimum absolute atomic E-state index is 0.796. The summed E-state index contributed by atoms with van der Waals surface area (Å²) in [5.74, 6) is 4.24. The number of thioether (sulfide) groups is 1. The largest absolute Gasteiger partial charge is 0.354 e. The van der Waals surface area contributed by atoms with Crippen LogP contribution in [0.3, 0.4) is 0 Å². The van der Waals surface area contributed by atoms with Crippen LogP contribution < -0.4 is 4.90 Å². The molecule has 7 heteroatoms. The van der Waals surface area contributed by atoms with E-state index in [2.05, 4.69) is 32.6 Å². The van der Waals surface area contributed by atoms with Crippen LogP contribution in [0.1, 0.15) is 6.42 Å². The summed E-state index contributed by atoms with van der Waals surface area (Å²) < 4.78 is 1.86. The van der Waals surface area contributed by atoms with Crippen LogP contribution in [0.2, 0.25) is 0 Å². The number of anilines is 1. The molecular weight excluding hydrogens is 302 g/mol. The highest BCUT2D eigenvalue weighted by atomic mass is 32.2. The number of nitrogens with zero attached hydrogens (tertiary/aromatic N) is 5. The van der Waals surface area contributed by atoms with E-state index >= 15 is 0 Å². The van der Waals surface area contributed by atoms with Gasteiger partial charge in [-0.3, -0.25) is 0 Å². The second-order valence-electron chi connectivity index (χ2n) is 4.95. The lowest BCUT2D eigenvalue weighted by Gasteiger charge is -2.20. The van der Waals surface area contributed by atoms with E-state index in [4.69, 9.17) is 5.10 Å². The Bertz CT molecular complexity index is 729. The van der Waals surface area contributed by atoms with Gasteiger partial charge in [-0.15, -0.1) is 15.3 Å². The van der Waals surface area contributed by atoms with E-state index in [0.717, 1.165) is 35.9 Å². The first-order valence-corrected chi connectivity index (χ1v) is 9.09. The Balaban J connectivity index is 1.76. The van der Waals surface area contributed by atoms with Gasteiger partial charge < -0.3 is 4.90 Å². The van der Waals surface area contributed by atoms with Crippen LogP contribution in [0.15, 0.2) is 29.0 Å². The Morgan fingerprint density at radius 1 is 1.05 bits per heavy atom. The maximum atomic E-state index is 4.77. The maximum Gasteiger partial charge on any atom is 0.186 e. The van der Waals surface area contributed by atoms with Crippen LogP contribution in [0.5, 0.6) is 0 Å². The van der Waals surface area contributed by atoms with Gasteiger partial charge in [0.25, 0.3) is 0 Å². The summed E-state index contributed by atoms with van der Waals surface area (Å²) in [6, 6.07) is 6.11. The normalized spacial score (nSPS) is 16.3. The molecule has 0 atom stereocenters. The lowest BCUT2D eigenvalue weighted by molar-refractivity contribution is 0.777. The molecule has 1 saturated heterocycles. The van der Waals surface area contributed by atoms with Crippen LogP contribution in [0, 0.1) is 0 Å². The molecule has 0 aliphatic carbocycles. The minimum Gasteiger partial charge on any atom is -0.354 e. The lowest BCUT2D eigenvalue weighted by Crippen LogP contribution is -2.26. The predicted octanol–water partition coefficient (Wildman–Crippen LogP) is 2.80. The average molecular weight is 317 g/mol. The molecule has 0 spiro atoms. The van der Waals surface area contributed by atoms with Crippen molar-refractivity contribution in [2.45, 2.75) is 6.42 Å². The molecule has 0 aromatic carbocycles. The third-order valence-electron chi connectivity index (χ3n) is 3.57. The third-order valence-corrected chi connectivity index (χ3v) is 5.31. The van der Waals surface area contributed by atoms with Gasteiger partial charge in [-0.1, -0.05) is 0 Å². The fourth-order valence-corrected chi connectivity index (χ4v) is 4.02. The molecule has 108 valence electrons. The SMILES string of the molecule is c1cc(-c2nnc3ccc(N4CCCSCC4)nn23)cs1. The van der Waals surface area contributed by atoms with Gasteiger partial charge in [0.2, 0.25) is 0 Å². The second kappa shape index (κ2) is 5.65. The first-order chi connectivity index (χ1) is 10.4. The average Bonchev–Trinajstić information content (AvgIpc) is 3.09. The zero-order valence-electron chi connectivity index (χ0n) is 11.5. The van der Waals surface area contributed by atoms with Crippen molar-refractivity contribution in [1.82, 2.24) is 19.8 Å². The van der Waals surface area contributed by atoms with E-state index in [-0.39, 0.29) is 0 Å². The number of hydrogen-bond acceptors (Lipinski definition) is 6. The fraction of sp³-hybridized carbons (Fsp3) is 0.357. The number of fused-ring (bicyclic) bond motifs is 1. The van der Waals surface area contributed by atoms with Crippen molar-refractivity contribution in [3.8, 4) is 11.4 Å². The van der Waals surface area contributed by atoms with Gasteiger partial charge in [0.1, 0.15) is 5.82 Å². The number of aromatic nitrogens is 4. The molecule has 1 aliphatic rings. The maximum absolute atomic E-state index is 4.77. The van der Waals surface area contributed by atoms with Crippen molar-refractivity contribution >= 4 is 34.6 Å². The molecule has 3 aromatic heterocycles. The topological polar surface area (TPSA) is 46.3 Å². The molecule has 0 N–H and O–H groups in total. The lowest BCUT2D eigenvalue weighted by atomic mass is 10.3. The van der Waals surface area contributed by atoms with Gasteiger partial charge in [0.15, 0.2) is 11.5 Å². The molecule has 0 amide bonds. The number of thiophene rings is 1. The summed E-state index contributed by atoms with van der Waals surface area (Å²) >= 11 is 3.68. The zero-order chi connectivity index (χ0) is 14.1. The zero-order valence-corrected chi connectivity index (χ0v) is 13.1. The van der Waals surface area contributed by atoms with E-state index in [0.29, 0.717) is 0 Å². The first kappa shape index (κ1) is 13.1. The molecule has 0 radical (unpaired) electrons. The Hall–Kier alpha value is -1.60. The van der Waals surface area contributed by atoms with E-state index in [1.54, 1.807) is 11.3 Å². The highest BCUT2D eigenvalue weighted by Gasteiger charge is 2.15. The summed E-state index contributed by atoms with van der Waals surface area (Å²) in [6.07, 6.45) is 1.21. The summed E-state index contributed by atoms with van der Waals surface area (Å²) in [5, 5.41) is 17.4. The van der Waals surface area contributed by atoms with Crippen LogP contribution >= 0.6 is 23.1 Å². The monoisotopic (exact) mass is 317 g/mol. The Morgan fingerprint density at radius 3 is 2.95 bits per heavy atom. The molecule has 1 fully saturated rings. The van der Waals surface area contributed by atoms with Gasteiger partial charge in [0, 0.05) is 29.8 Å². The van der Waals surface area contributed by atoms with Crippen LogP contribution in [-0.2, 0) is 0 Å². The summed E-state index contributed by atoms with van der Waals surface area (Å²) in [4.78, 5) is 2.36. The molecule has 0 unspecified atom stereocenters. The Labute approximate surface area is 131 Å². The van der Waals surface area contributed by atoms with Crippen LogP contribution in [-0.4, -0.2) is 44.4 Å². The van der Waals surface area contributed by atoms with E-state index in [1.165, 1.54) is 17.9 Å². The van der Waals surface area contributed by atoms with Gasteiger partial charge in [-0.25, -0.2) is 0 Å². The van der Waals surface area contributed by atoms with Crippen molar-refractivity contribution < 1.29 is 0 Å². The van der Waals surface area contributed by atoms with Gasteiger partial charge in [-0.2, -0.15) is 27.6 Å². The number of hydrogen-bond donors (Lipinski definition) is 0. The Kier molecular flexibility index (Phi) is 3.52. The van der Waals surface area contributed by atoms with E-state index in [1.807, 2.05) is 27.7 Å². The first-order valence-electron chi connectivity index (χ1n) is 6.99. The van der Waals surface area contributed by atoms with Gasteiger partial charge >= 0.3 is 0 Å². The molecule has 4 heterocycles. The Morgan fingerprint density at radius 2 is 2.05 bits per heavy atom. The van der Waals surface area contributed by atoms with E-state index < -0.39 is 0 Å². The van der Waals surface area contributed by atoms with Crippen molar-refractivity contribution in [2.75, 3.05) is 29.5 Å². The van der Waals surface area contributed by atoms with E-state index in [9.17, 15) is 0 Å². The third kappa shape index (κ3) is 2.51. The smallest absolute Gasteiger partial charge is 0.186 e. The van der Waals surface area contributed by atoms with Gasteiger partial charge in [0.05, 0.1) is 0 Å². The second-order valence-corrected chi connectivity index (χ2v) is 6.95. The van der Waals surface area contributed by atoms with Crippen molar-refractivity contribution in [2.24, 2.45) is 0 Å². The molecule has 1 aliphatic heterocycles. The quantitative estimate of drug-likeness (QED) is 0.727. The fourth-order valence-electron chi connectivity index (χ4n) is 2.49. The van der Waals surface area contributed by atoms with Crippen LogP contribution in [0.25, 0.3) is 17.0 Å². The summed E-state index contributed by atoms with van der Waals surface area (Å²) in [7, 11) is 0. The summed E-state index contributed by atoms with van der Waals surface area (Å²) in [5.41, 5.74) is 1.87. The van der Waals surface area contributed by atoms with Crippen LogP contribution in [0.4, 0.5) is 5.82 Å². The molecule has 3 aromatic rings. The van der Waals surface area contributed by atoms with Crippen molar-refractivity contribution in [1.29, 1.82) is 0 Å². The predicted molar refractivity (Wildman–Crippen MR) is 88.3 cm³/mol. The standard InChI is InChI=1S/C14H15N5S2/c1-5-18(6-9-20-7-1)13-3-2-12-15-16-14(19(12)17-13)11-4-8-21-10-11/h2-4,8,10H,1,5-7,9H2. The molecular formula is C14H15N5S2.